The van der Waals surface area contributed by atoms with E-state index in [-0.39, 0.29) is 11.9 Å². The fraction of sp³-hybridized carbons (Fsp3) is 0.462. The smallest absolute Gasteiger partial charge is 0.236 e. The third-order valence-corrected chi connectivity index (χ3v) is 2.32. The second-order valence-corrected chi connectivity index (χ2v) is 4.32. The van der Waals surface area contributed by atoms with Crippen LogP contribution in [0.15, 0.2) is 24.3 Å². The molecule has 4 nitrogen and oxygen atoms in total. The van der Waals surface area contributed by atoms with E-state index in [1.54, 1.807) is 6.92 Å². The van der Waals surface area contributed by atoms with Gasteiger partial charge in [-0.25, -0.2) is 0 Å². The van der Waals surface area contributed by atoms with Crippen molar-refractivity contribution < 1.29 is 9.53 Å². The molecule has 4 heteroatoms. The Bertz CT molecular complexity index is 360. The topological polar surface area (TPSA) is 64.3 Å². The number of rotatable bonds is 5. The number of benzene rings is 1. The Hall–Kier alpha value is -1.55. The Labute approximate surface area is 102 Å². The van der Waals surface area contributed by atoms with Gasteiger partial charge in [0.1, 0.15) is 12.4 Å². The molecule has 0 heterocycles. The highest BCUT2D eigenvalue weighted by atomic mass is 16.5. The molecule has 0 aliphatic carbocycles. The number of carbonyl (C=O) groups is 1. The monoisotopic (exact) mass is 236 g/mol. The maximum Gasteiger partial charge on any atom is 0.236 e. The van der Waals surface area contributed by atoms with Crippen LogP contribution >= 0.6 is 0 Å². The van der Waals surface area contributed by atoms with Crippen LogP contribution in [0.4, 0.5) is 0 Å². The molecule has 0 fully saturated rings. The minimum Gasteiger partial charge on any atom is -0.491 e. The summed E-state index contributed by atoms with van der Waals surface area (Å²) in [7, 11) is 0. The van der Waals surface area contributed by atoms with Crippen LogP contribution < -0.4 is 15.8 Å². The van der Waals surface area contributed by atoms with Crippen LogP contribution in [0.25, 0.3) is 0 Å². The highest BCUT2D eigenvalue weighted by molar-refractivity contribution is 5.81. The summed E-state index contributed by atoms with van der Waals surface area (Å²) in [5.74, 6) is 0.641. The van der Waals surface area contributed by atoms with E-state index in [1.807, 2.05) is 38.1 Å². The van der Waals surface area contributed by atoms with Crippen LogP contribution in [-0.2, 0) is 4.79 Å². The SMILES string of the molecule is Cc1ccc(OCC(C)NC(=O)[C@@H](C)N)cc1. The Morgan fingerprint density at radius 1 is 1.35 bits per heavy atom. The molecule has 0 saturated carbocycles. The van der Waals surface area contributed by atoms with Crippen LogP contribution in [0.5, 0.6) is 5.75 Å². The molecule has 0 saturated heterocycles. The summed E-state index contributed by atoms with van der Waals surface area (Å²) in [6, 6.07) is 7.25. The molecule has 0 spiro atoms. The van der Waals surface area contributed by atoms with Gasteiger partial charge < -0.3 is 15.8 Å². The lowest BCUT2D eigenvalue weighted by Gasteiger charge is -2.16. The van der Waals surface area contributed by atoms with Gasteiger partial charge in [0.2, 0.25) is 5.91 Å². The van der Waals surface area contributed by atoms with E-state index in [0.29, 0.717) is 6.61 Å². The van der Waals surface area contributed by atoms with Gasteiger partial charge in [-0.2, -0.15) is 0 Å². The first-order valence-electron chi connectivity index (χ1n) is 5.74. The first-order chi connectivity index (χ1) is 7.99. The summed E-state index contributed by atoms with van der Waals surface area (Å²) >= 11 is 0. The van der Waals surface area contributed by atoms with E-state index in [4.69, 9.17) is 10.5 Å². The molecule has 0 aromatic heterocycles. The Kier molecular flexibility index (Phi) is 4.97. The predicted octanol–water partition coefficient (Wildman–Crippen LogP) is 1.23. The summed E-state index contributed by atoms with van der Waals surface area (Å²) in [6.45, 7) is 5.99. The molecule has 0 radical (unpaired) electrons. The van der Waals surface area contributed by atoms with Crippen molar-refractivity contribution in [2.45, 2.75) is 32.9 Å². The summed E-state index contributed by atoms with van der Waals surface area (Å²) in [6.07, 6.45) is 0. The summed E-state index contributed by atoms with van der Waals surface area (Å²) in [5.41, 5.74) is 6.65. The van der Waals surface area contributed by atoms with E-state index in [0.717, 1.165) is 5.75 Å². The summed E-state index contributed by atoms with van der Waals surface area (Å²) in [4.78, 5) is 11.3. The molecular formula is C13H20N2O2. The molecule has 1 aromatic rings. The lowest BCUT2D eigenvalue weighted by Crippen LogP contribution is -2.44. The zero-order valence-electron chi connectivity index (χ0n) is 10.6. The van der Waals surface area contributed by atoms with E-state index in [1.165, 1.54) is 5.56 Å². The molecule has 1 aromatic carbocycles. The van der Waals surface area contributed by atoms with Gasteiger partial charge in [0.15, 0.2) is 0 Å². The number of amides is 1. The molecule has 94 valence electrons. The number of hydrogen-bond donors (Lipinski definition) is 2. The fourth-order valence-electron chi connectivity index (χ4n) is 1.27. The van der Waals surface area contributed by atoms with Gasteiger partial charge >= 0.3 is 0 Å². The predicted molar refractivity (Wildman–Crippen MR) is 67.9 cm³/mol. The Morgan fingerprint density at radius 3 is 2.47 bits per heavy atom. The van der Waals surface area contributed by atoms with Crippen molar-refractivity contribution in [2.24, 2.45) is 5.73 Å². The van der Waals surface area contributed by atoms with Gasteiger partial charge in [0, 0.05) is 0 Å². The first kappa shape index (κ1) is 13.5. The van der Waals surface area contributed by atoms with Crippen molar-refractivity contribution in [3.8, 4) is 5.75 Å². The van der Waals surface area contributed by atoms with Gasteiger partial charge in [-0.3, -0.25) is 4.79 Å². The van der Waals surface area contributed by atoms with Gasteiger partial charge in [-0.15, -0.1) is 0 Å². The van der Waals surface area contributed by atoms with Crippen LogP contribution in [-0.4, -0.2) is 24.6 Å². The molecular weight excluding hydrogens is 216 g/mol. The molecule has 3 N–H and O–H groups in total. The third-order valence-electron chi connectivity index (χ3n) is 2.32. The minimum absolute atomic E-state index is 0.0604. The molecule has 17 heavy (non-hydrogen) atoms. The van der Waals surface area contributed by atoms with Crippen LogP contribution in [0.1, 0.15) is 19.4 Å². The molecule has 0 aliphatic rings. The number of carbonyl (C=O) groups excluding carboxylic acids is 1. The number of hydrogen-bond acceptors (Lipinski definition) is 3. The zero-order valence-corrected chi connectivity index (χ0v) is 10.6. The average Bonchev–Trinajstić information content (AvgIpc) is 2.28. The summed E-state index contributed by atoms with van der Waals surface area (Å²) in [5, 5.41) is 2.77. The third kappa shape index (κ3) is 4.87. The summed E-state index contributed by atoms with van der Waals surface area (Å²) < 4.78 is 5.55. The van der Waals surface area contributed by atoms with Crippen molar-refractivity contribution >= 4 is 5.91 Å². The van der Waals surface area contributed by atoms with Gasteiger partial charge in [-0.1, -0.05) is 17.7 Å². The van der Waals surface area contributed by atoms with Gasteiger partial charge in [-0.05, 0) is 32.9 Å². The standard InChI is InChI=1S/C13H20N2O2/c1-9-4-6-12(7-5-9)17-8-10(2)15-13(16)11(3)14/h4-7,10-11H,8,14H2,1-3H3,(H,15,16)/t10?,11-/m1/s1. The van der Waals surface area contributed by atoms with Crippen molar-refractivity contribution in [2.75, 3.05) is 6.61 Å². The molecule has 1 unspecified atom stereocenters. The van der Waals surface area contributed by atoms with Crippen molar-refractivity contribution in [1.82, 2.24) is 5.32 Å². The van der Waals surface area contributed by atoms with Gasteiger partial charge in [0.05, 0.1) is 12.1 Å². The maximum atomic E-state index is 11.3. The number of nitrogens with two attached hydrogens (primary N) is 1. The normalized spacial score (nSPS) is 13.9. The van der Waals surface area contributed by atoms with Crippen molar-refractivity contribution in [3.63, 3.8) is 0 Å². The largest absolute Gasteiger partial charge is 0.491 e. The van der Waals surface area contributed by atoms with E-state index >= 15 is 0 Å². The highest BCUT2D eigenvalue weighted by Crippen LogP contribution is 2.11. The van der Waals surface area contributed by atoms with Gasteiger partial charge in [0.25, 0.3) is 0 Å². The zero-order chi connectivity index (χ0) is 12.8. The van der Waals surface area contributed by atoms with Crippen molar-refractivity contribution in [3.05, 3.63) is 29.8 Å². The lowest BCUT2D eigenvalue weighted by atomic mass is 10.2. The van der Waals surface area contributed by atoms with Crippen LogP contribution in [0.2, 0.25) is 0 Å². The van der Waals surface area contributed by atoms with Crippen molar-refractivity contribution in [1.29, 1.82) is 0 Å². The molecule has 0 bridgehead atoms. The lowest BCUT2D eigenvalue weighted by molar-refractivity contribution is -0.122. The first-order valence-corrected chi connectivity index (χ1v) is 5.74. The average molecular weight is 236 g/mol. The quantitative estimate of drug-likeness (QED) is 0.808. The number of aryl methyl sites for hydroxylation is 1. The number of nitrogens with one attached hydrogen (secondary N) is 1. The van der Waals surface area contributed by atoms with E-state index in [9.17, 15) is 4.79 Å². The molecule has 0 aliphatic heterocycles. The number of ether oxygens (including phenoxy) is 1. The second kappa shape index (κ2) is 6.25. The molecule has 2 atom stereocenters. The second-order valence-electron chi connectivity index (χ2n) is 4.32. The van der Waals surface area contributed by atoms with E-state index < -0.39 is 6.04 Å². The Balaban J connectivity index is 2.35. The maximum absolute atomic E-state index is 11.3. The Morgan fingerprint density at radius 2 is 1.94 bits per heavy atom. The molecule has 1 amide bonds. The highest BCUT2D eigenvalue weighted by Gasteiger charge is 2.11. The van der Waals surface area contributed by atoms with E-state index in [2.05, 4.69) is 5.32 Å². The minimum atomic E-state index is -0.489. The fourth-order valence-corrected chi connectivity index (χ4v) is 1.27. The van der Waals surface area contributed by atoms with Crippen LogP contribution in [0.3, 0.4) is 0 Å². The van der Waals surface area contributed by atoms with Crippen LogP contribution in [0, 0.1) is 6.92 Å². The molecule has 1 rings (SSSR count).